The van der Waals surface area contributed by atoms with Gasteiger partial charge in [-0.2, -0.15) is 5.10 Å². The molecule has 1 atom stereocenters. The zero-order valence-corrected chi connectivity index (χ0v) is 16.1. The second-order valence-electron chi connectivity index (χ2n) is 7.30. The van der Waals surface area contributed by atoms with E-state index < -0.39 is 0 Å². The van der Waals surface area contributed by atoms with Gasteiger partial charge in [-0.15, -0.1) is 0 Å². The third-order valence-electron chi connectivity index (χ3n) is 5.28. The molecule has 0 bridgehead atoms. The number of nitrogens with zero attached hydrogens (tertiary/aromatic N) is 4. The Morgan fingerprint density at radius 1 is 1.19 bits per heavy atom. The van der Waals surface area contributed by atoms with Crippen molar-refractivity contribution in [3.8, 4) is 0 Å². The summed E-state index contributed by atoms with van der Waals surface area (Å²) < 4.78 is 3.27. The lowest BCUT2D eigenvalue weighted by atomic mass is 9.97. The van der Waals surface area contributed by atoms with Gasteiger partial charge in [0.1, 0.15) is 5.82 Å². The molecule has 0 aromatic carbocycles. The molecular formula is C18H30N6O3. The highest BCUT2D eigenvalue weighted by Gasteiger charge is 2.27. The summed E-state index contributed by atoms with van der Waals surface area (Å²) in [4.78, 5) is 38.3. The Balaban J connectivity index is 1.42. The summed E-state index contributed by atoms with van der Waals surface area (Å²) >= 11 is 0. The number of aromatic nitrogens is 3. The molecule has 9 heteroatoms. The zero-order valence-electron chi connectivity index (χ0n) is 16.1. The third-order valence-corrected chi connectivity index (χ3v) is 5.28. The average molecular weight is 378 g/mol. The number of carbonyl (C=O) groups excluding carboxylic acids is 2. The first-order chi connectivity index (χ1) is 13.1. The topological polar surface area (TPSA) is 101 Å². The number of nitrogens with one attached hydrogen (secondary N) is 2. The summed E-state index contributed by atoms with van der Waals surface area (Å²) in [6, 6.07) is -0.138. The van der Waals surface area contributed by atoms with E-state index in [1.54, 1.807) is 9.47 Å². The molecule has 1 fully saturated rings. The molecular weight excluding hydrogens is 348 g/mol. The van der Waals surface area contributed by atoms with Gasteiger partial charge in [0, 0.05) is 45.7 Å². The lowest BCUT2D eigenvalue weighted by Gasteiger charge is -2.32. The number of aryl methyl sites for hydroxylation is 2. The molecule has 3 amide bonds. The molecule has 1 unspecified atom stereocenters. The van der Waals surface area contributed by atoms with Gasteiger partial charge in [-0.1, -0.05) is 0 Å². The molecule has 150 valence electrons. The van der Waals surface area contributed by atoms with Crippen LogP contribution in [0.25, 0.3) is 0 Å². The highest BCUT2D eigenvalue weighted by molar-refractivity contribution is 5.80. The minimum atomic E-state index is -0.138. The van der Waals surface area contributed by atoms with Gasteiger partial charge in [0.2, 0.25) is 5.91 Å². The van der Waals surface area contributed by atoms with Gasteiger partial charge in [-0.3, -0.25) is 9.36 Å². The van der Waals surface area contributed by atoms with E-state index in [4.69, 9.17) is 0 Å². The molecule has 0 aliphatic carbocycles. The van der Waals surface area contributed by atoms with Crippen molar-refractivity contribution >= 4 is 11.9 Å². The lowest BCUT2D eigenvalue weighted by Crippen LogP contribution is -2.49. The van der Waals surface area contributed by atoms with Gasteiger partial charge in [0.25, 0.3) is 0 Å². The van der Waals surface area contributed by atoms with Crippen molar-refractivity contribution in [2.24, 2.45) is 5.92 Å². The van der Waals surface area contributed by atoms with Crippen LogP contribution in [0.1, 0.15) is 44.9 Å². The van der Waals surface area contributed by atoms with E-state index in [9.17, 15) is 14.4 Å². The summed E-state index contributed by atoms with van der Waals surface area (Å²) in [5.41, 5.74) is -0.0446. The Bertz CT molecular complexity index is 725. The normalized spacial score (nSPS) is 19.4. The summed E-state index contributed by atoms with van der Waals surface area (Å²) in [5.74, 6) is 0.776. The molecule has 3 heterocycles. The van der Waals surface area contributed by atoms with Crippen LogP contribution in [0.15, 0.2) is 4.79 Å². The number of likely N-dealkylation sites (tertiary alicyclic amines) is 1. The van der Waals surface area contributed by atoms with Crippen LogP contribution in [0.3, 0.4) is 0 Å². The van der Waals surface area contributed by atoms with Crippen LogP contribution in [-0.4, -0.2) is 57.4 Å². The van der Waals surface area contributed by atoms with Crippen LogP contribution in [0.5, 0.6) is 0 Å². The van der Waals surface area contributed by atoms with Crippen LogP contribution < -0.4 is 16.3 Å². The van der Waals surface area contributed by atoms with Crippen molar-refractivity contribution < 1.29 is 9.59 Å². The summed E-state index contributed by atoms with van der Waals surface area (Å²) in [6.45, 7) is 5.38. The summed E-state index contributed by atoms with van der Waals surface area (Å²) in [6.07, 6.45) is 5.28. The molecule has 1 aromatic heterocycles. The number of hydrogen-bond donors (Lipinski definition) is 2. The molecule has 2 N–H and O–H groups in total. The Morgan fingerprint density at radius 2 is 2.04 bits per heavy atom. The van der Waals surface area contributed by atoms with Gasteiger partial charge in [0.15, 0.2) is 0 Å². The third kappa shape index (κ3) is 4.70. The van der Waals surface area contributed by atoms with E-state index in [0.29, 0.717) is 39.1 Å². The minimum Gasteiger partial charge on any atom is -0.356 e. The van der Waals surface area contributed by atoms with Crippen LogP contribution in [-0.2, 0) is 24.3 Å². The second-order valence-corrected chi connectivity index (χ2v) is 7.30. The minimum absolute atomic E-state index is 0.0260. The molecule has 2 aliphatic heterocycles. The monoisotopic (exact) mass is 378 g/mol. The van der Waals surface area contributed by atoms with Crippen molar-refractivity contribution in [2.45, 2.75) is 58.5 Å². The fourth-order valence-corrected chi connectivity index (χ4v) is 3.82. The van der Waals surface area contributed by atoms with Crippen molar-refractivity contribution in [1.29, 1.82) is 0 Å². The van der Waals surface area contributed by atoms with Crippen molar-refractivity contribution in [2.75, 3.05) is 26.2 Å². The lowest BCUT2D eigenvalue weighted by molar-refractivity contribution is -0.126. The van der Waals surface area contributed by atoms with Crippen molar-refractivity contribution in [3.63, 3.8) is 0 Å². The fourth-order valence-electron chi connectivity index (χ4n) is 3.82. The Labute approximate surface area is 159 Å². The molecule has 27 heavy (non-hydrogen) atoms. The van der Waals surface area contributed by atoms with E-state index in [1.165, 1.54) is 4.68 Å². The predicted octanol–water partition coefficient (Wildman–Crippen LogP) is 0.329. The maximum absolute atomic E-state index is 12.4. The van der Waals surface area contributed by atoms with Gasteiger partial charge in [-0.25, -0.2) is 14.3 Å². The standard InChI is InChI=1S/C18H30N6O3/c1-2-19-16(25)14-7-5-10-22(13-14)17(26)20-9-6-12-24-18(27)23-11-4-3-8-15(23)21-24/h14H,2-13H2,1H3,(H,19,25)(H,20,26). The number of piperidine rings is 1. The van der Waals surface area contributed by atoms with Gasteiger partial charge in [-0.05, 0) is 39.0 Å². The SMILES string of the molecule is CCNC(=O)C1CCCN(C(=O)NCCCn2nc3n(c2=O)CCCC3)C1. The first kappa shape index (κ1) is 19.4. The van der Waals surface area contributed by atoms with Crippen molar-refractivity contribution in [1.82, 2.24) is 29.9 Å². The largest absolute Gasteiger partial charge is 0.356 e. The van der Waals surface area contributed by atoms with Crippen LogP contribution in [0.2, 0.25) is 0 Å². The number of amides is 3. The Kier molecular flexibility index (Phi) is 6.52. The molecule has 0 spiro atoms. The molecule has 0 radical (unpaired) electrons. The van der Waals surface area contributed by atoms with E-state index in [-0.39, 0.29) is 23.5 Å². The van der Waals surface area contributed by atoms with E-state index in [2.05, 4.69) is 15.7 Å². The first-order valence-electron chi connectivity index (χ1n) is 10.1. The first-order valence-corrected chi connectivity index (χ1v) is 10.1. The number of fused-ring (bicyclic) bond motifs is 1. The fraction of sp³-hybridized carbons (Fsp3) is 0.778. The number of urea groups is 1. The number of hydrogen-bond acceptors (Lipinski definition) is 4. The zero-order chi connectivity index (χ0) is 19.2. The number of carbonyl (C=O) groups is 2. The van der Waals surface area contributed by atoms with Crippen LogP contribution in [0.4, 0.5) is 4.79 Å². The smallest absolute Gasteiger partial charge is 0.345 e. The average Bonchev–Trinajstić information content (AvgIpc) is 3.01. The number of rotatable bonds is 6. The Hall–Kier alpha value is -2.32. The van der Waals surface area contributed by atoms with E-state index >= 15 is 0 Å². The maximum atomic E-state index is 12.4. The molecule has 2 aliphatic rings. The highest BCUT2D eigenvalue weighted by atomic mass is 16.2. The highest BCUT2D eigenvalue weighted by Crippen LogP contribution is 2.16. The second kappa shape index (κ2) is 9.05. The molecule has 1 saturated heterocycles. The summed E-state index contributed by atoms with van der Waals surface area (Å²) in [7, 11) is 0. The predicted molar refractivity (Wildman–Crippen MR) is 100 cm³/mol. The maximum Gasteiger partial charge on any atom is 0.345 e. The van der Waals surface area contributed by atoms with Gasteiger partial charge < -0.3 is 15.5 Å². The Morgan fingerprint density at radius 3 is 2.81 bits per heavy atom. The van der Waals surface area contributed by atoms with Crippen LogP contribution in [0, 0.1) is 5.92 Å². The van der Waals surface area contributed by atoms with Crippen LogP contribution >= 0.6 is 0 Å². The van der Waals surface area contributed by atoms with Gasteiger partial charge >= 0.3 is 11.7 Å². The molecule has 9 nitrogen and oxygen atoms in total. The molecule has 1 aromatic rings. The summed E-state index contributed by atoms with van der Waals surface area (Å²) in [5, 5.41) is 10.1. The van der Waals surface area contributed by atoms with E-state index in [0.717, 1.165) is 44.5 Å². The van der Waals surface area contributed by atoms with E-state index in [1.807, 2.05) is 6.92 Å². The quantitative estimate of drug-likeness (QED) is 0.697. The molecule has 3 rings (SSSR count). The van der Waals surface area contributed by atoms with Gasteiger partial charge in [0.05, 0.1) is 5.92 Å². The molecule has 0 saturated carbocycles. The van der Waals surface area contributed by atoms with Crippen molar-refractivity contribution in [3.05, 3.63) is 16.3 Å².